The van der Waals surface area contributed by atoms with Crippen LogP contribution in [0, 0.1) is 18.3 Å². The molecular formula is C17H28N2O2. The first-order valence-corrected chi connectivity index (χ1v) is 7.84. The van der Waals surface area contributed by atoms with E-state index >= 15 is 0 Å². The fourth-order valence-electron chi connectivity index (χ4n) is 2.89. The summed E-state index contributed by atoms with van der Waals surface area (Å²) in [6, 6.07) is 2.15. The van der Waals surface area contributed by atoms with Gasteiger partial charge in [-0.25, -0.2) is 4.79 Å². The van der Waals surface area contributed by atoms with Gasteiger partial charge >= 0.3 is 6.03 Å². The first kappa shape index (κ1) is 15.9. The minimum Gasteiger partial charge on any atom is -0.466 e. The van der Waals surface area contributed by atoms with Crippen molar-refractivity contribution in [3.05, 3.63) is 23.2 Å². The molecule has 1 aromatic heterocycles. The van der Waals surface area contributed by atoms with E-state index < -0.39 is 0 Å². The van der Waals surface area contributed by atoms with Gasteiger partial charge in [0.1, 0.15) is 11.5 Å². The second kappa shape index (κ2) is 5.74. The highest BCUT2D eigenvalue weighted by Gasteiger charge is 2.35. The van der Waals surface area contributed by atoms with Crippen molar-refractivity contribution >= 4 is 6.03 Å². The van der Waals surface area contributed by atoms with Crippen LogP contribution >= 0.6 is 0 Å². The number of hydrogen-bond acceptors (Lipinski definition) is 2. The van der Waals surface area contributed by atoms with Crippen LogP contribution in [0.5, 0.6) is 0 Å². The Hall–Kier alpha value is -1.45. The fraction of sp³-hybridized carbons (Fsp3) is 0.706. The van der Waals surface area contributed by atoms with Gasteiger partial charge in [0.25, 0.3) is 0 Å². The Morgan fingerprint density at radius 2 is 2.05 bits per heavy atom. The highest BCUT2D eigenvalue weighted by atomic mass is 16.3. The van der Waals surface area contributed by atoms with Crippen molar-refractivity contribution in [2.75, 3.05) is 0 Å². The summed E-state index contributed by atoms with van der Waals surface area (Å²) in [6.07, 6.45) is 1.86. The van der Waals surface area contributed by atoms with Gasteiger partial charge in [0.05, 0.1) is 6.04 Å². The number of furan rings is 1. The summed E-state index contributed by atoms with van der Waals surface area (Å²) in [4.78, 5) is 12.2. The van der Waals surface area contributed by atoms with Gasteiger partial charge in [0, 0.05) is 18.0 Å². The second-order valence-electron chi connectivity index (χ2n) is 7.48. The maximum atomic E-state index is 12.2. The molecule has 2 amide bonds. The molecule has 0 unspecified atom stereocenters. The van der Waals surface area contributed by atoms with E-state index in [-0.39, 0.29) is 23.5 Å². The van der Waals surface area contributed by atoms with Crippen molar-refractivity contribution in [2.45, 2.75) is 66.5 Å². The molecule has 0 aliphatic heterocycles. The number of rotatable bonds is 3. The quantitative estimate of drug-likeness (QED) is 0.886. The molecule has 0 saturated carbocycles. The number of fused-ring (bicyclic) bond motifs is 1. The molecule has 1 aromatic rings. The van der Waals surface area contributed by atoms with E-state index in [1.807, 2.05) is 13.8 Å². The first-order valence-electron chi connectivity index (χ1n) is 7.84. The van der Waals surface area contributed by atoms with E-state index in [2.05, 4.69) is 44.4 Å². The molecule has 1 aliphatic rings. The third-order valence-corrected chi connectivity index (χ3v) is 4.40. The van der Waals surface area contributed by atoms with Crippen LogP contribution < -0.4 is 10.6 Å². The van der Waals surface area contributed by atoms with E-state index in [4.69, 9.17) is 4.42 Å². The molecule has 4 nitrogen and oxygen atoms in total. The van der Waals surface area contributed by atoms with Gasteiger partial charge in [-0.2, -0.15) is 0 Å². The molecule has 0 bridgehead atoms. The fourth-order valence-corrected chi connectivity index (χ4v) is 2.89. The Balaban J connectivity index is 2.10. The monoisotopic (exact) mass is 292 g/mol. The molecule has 0 fully saturated rings. The summed E-state index contributed by atoms with van der Waals surface area (Å²) in [6.45, 7) is 12.6. The smallest absolute Gasteiger partial charge is 0.315 e. The van der Waals surface area contributed by atoms with Crippen LogP contribution in [0.15, 0.2) is 10.5 Å². The zero-order chi connectivity index (χ0) is 15.8. The standard InChI is InChI=1S/C17H28N2O2/c1-10(2)12(4)18-16(20)19-14-8-17(5,6)9-15-13(14)7-11(3)21-15/h7,10,12,14H,8-9H2,1-6H3,(H2,18,19,20)/t12-,14+/m1/s1. The molecule has 0 saturated heterocycles. The summed E-state index contributed by atoms with van der Waals surface area (Å²) in [5.74, 6) is 2.36. The maximum Gasteiger partial charge on any atom is 0.315 e. The van der Waals surface area contributed by atoms with E-state index in [0.717, 1.165) is 29.9 Å². The van der Waals surface area contributed by atoms with Gasteiger partial charge in [-0.05, 0) is 37.7 Å². The average molecular weight is 292 g/mol. The lowest BCUT2D eigenvalue weighted by molar-refractivity contribution is 0.210. The number of carbonyl (C=O) groups is 1. The van der Waals surface area contributed by atoms with Crippen molar-refractivity contribution in [3.8, 4) is 0 Å². The van der Waals surface area contributed by atoms with Gasteiger partial charge in [-0.3, -0.25) is 0 Å². The number of carbonyl (C=O) groups excluding carboxylic acids is 1. The summed E-state index contributed by atoms with van der Waals surface area (Å²) >= 11 is 0. The lowest BCUT2D eigenvalue weighted by Crippen LogP contribution is -2.46. The van der Waals surface area contributed by atoms with Gasteiger partial charge in [-0.1, -0.05) is 27.7 Å². The lowest BCUT2D eigenvalue weighted by Gasteiger charge is -2.35. The summed E-state index contributed by atoms with van der Waals surface area (Å²) in [7, 11) is 0. The minimum absolute atomic E-state index is 0.0283. The molecule has 0 spiro atoms. The number of urea groups is 1. The van der Waals surface area contributed by atoms with Crippen LogP contribution in [0.1, 0.15) is 64.2 Å². The number of aryl methyl sites for hydroxylation is 1. The van der Waals surface area contributed by atoms with Crippen molar-refractivity contribution in [1.82, 2.24) is 10.6 Å². The van der Waals surface area contributed by atoms with Gasteiger partial charge in [-0.15, -0.1) is 0 Å². The average Bonchev–Trinajstić information content (AvgIpc) is 2.67. The first-order chi connectivity index (χ1) is 9.68. The number of amides is 2. The van der Waals surface area contributed by atoms with Gasteiger partial charge in [0.2, 0.25) is 0 Å². The molecule has 0 radical (unpaired) electrons. The lowest BCUT2D eigenvalue weighted by atomic mass is 9.75. The largest absolute Gasteiger partial charge is 0.466 e. The topological polar surface area (TPSA) is 54.3 Å². The SMILES string of the molecule is Cc1cc2c(o1)CC(C)(C)C[C@@H]2NC(=O)N[C@H](C)C(C)C. The maximum absolute atomic E-state index is 12.2. The molecule has 1 heterocycles. The van der Waals surface area contributed by atoms with E-state index in [0.29, 0.717) is 5.92 Å². The number of nitrogens with one attached hydrogen (secondary N) is 2. The predicted octanol–water partition coefficient (Wildman–Crippen LogP) is 3.95. The zero-order valence-corrected chi connectivity index (χ0v) is 14.0. The van der Waals surface area contributed by atoms with Crippen molar-refractivity contribution in [1.29, 1.82) is 0 Å². The van der Waals surface area contributed by atoms with Crippen LogP contribution in [0.2, 0.25) is 0 Å². The van der Waals surface area contributed by atoms with E-state index in [1.165, 1.54) is 0 Å². The van der Waals surface area contributed by atoms with E-state index in [9.17, 15) is 4.79 Å². The highest BCUT2D eigenvalue weighted by Crippen LogP contribution is 2.41. The van der Waals surface area contributed by atoms with E-state index in [1.54, 1.807) is 0 Å². The minimum atomic E-state index is -0.0938. The molecule has 21 heavy (non-hydrogen) atoms. The Morgan fingerprint density at radius 3 is 2.67 bits per heavy atom. The van der Waals surface area contributed by atoms with Crippen LogP contribution in [0.25, 0.3) is 0 Å². The van der Waals surface area contributed by atoms with Crippen molar-refractivity contribution in [3.63, 3.8) is 0 Å². The zero-order valence-electron chi connectivity index (χ0n) is 14.0. The molecular weight excluding hydrogens is 264 g/mol. The van der Waals surface area contributed by atoms with Crippen molar-refractivity contribution in [2.24, 2.45) is 11.3 Å². The molecule has 0 aromatic carbocycles. The normalized spacial score (nSPS) is 21.8. The van der Waals surface area contributed by atoms with Crippen LogP contribution in [0.3, 0.4) is 0 Å². The predicted molar refractivity (Wildman–Crippen MR) is 84.3 cm³/mol. The summed E-state index contributed by atoms with van der Waals surface area (Å²) < 4.78 is 5.80. The summed E-state index contributed by atoms with van der Waals surface area (Å²) in [5.41, 5.74) is 1.28. The molecule has 2 N–H and O–H groups in total. The number of hydrogen-bond donors (Lipinski definition) is 2. The molecule has 2 atom stereocenters. The van der Waals surface area contributed by atoms with Crippen LogP contribution in [0.4, 0.5) is 4.79 Å². The van der Waals surface area contributed by atoms with Gasteiger partial charge in [0.15, 0.2) is 0 Å². The Bertz CT molecular complexity index is 517. The second-order valence-corrected chi connectivity index (χ2v) is 7.48. The third-order valence-electron chi connectivity index (χ3n) is 4.40. The van der Waals surface area contributed by atoms with Crippen LogP contribution in [-0.4, -0.2) is 12.1 Å². The molecule has 4 heteroatoms. The Kier molecular flexibility index (Phi) is 4.35. The molecule has 2 rings (SSSR count). The highest BCUT2D eigenvalue weighted by molar-refractivity contribution is 5.74. The summed E-state index contributed by atoms with van der Waals surface area (Å²) in [5, 5.41) is 6.13. The van der Waals surface area contributed by atoms with Crippen molar-refractivity contribution < 1.29 is 9.21 Å². The Morgan fingerprint density at radius 1 is 1.38 bits per heavy atom. The van der Waals surface area contributed by atoms with Gasteiger partial charge < -0.3 is 15.1 Å². The molecule has 118 valence electrons. The third kappa shape index (κ3) is 3.80. The van der Waals surface area contributed by atoms with Crippen LogP contribution in [-0.2, 0) is 6.42 Å². The Labute approximate surface area is 127 Å². The molecule has 1 aliphatic carbocycles.